The van der Waals surface area contributed by atoms with E-state index in [0.29, 0.717) is 23.6 Å². The molecular formula is C24H24N6OS. The maximum absolute atomic E-state index is 11.9. The van der Waals surface area contributed by atoms with Crippen molar-refractivity contribution in [2.45, 2.75) is 25.8 Å². The van der Waals surface area contributed by atoms with Crippen LogP contribution in [0.1, 0.15) is 34.5 Å². The number of aromatic nitrogens is 3. The molecule has 0 atom stereocenters. The van der Waals surface area contributed by atoms with Crippen molar-refractivity contribution in [1.82, 2.24) is 14.3 Å². The fraction of sp³-hybridized carbons (Fsp3) is 0.250. The second-order valence-electron chi connectivity index (χ2n) is 7.99. The van der Waals surface area contributed by atoms with Crippen LogP contribution < -0.4 is 16.0 Å². The topological polar surface area (TPSA) is 97.0 Å². The molecule has 0 unspecified atom stereocenters. The molecule has 0 saturated heterocycles. The molecule has 0 aliphatic carbocycles. The molecule has 2 aromatic heterocycles. The highest BCUT2D eigenvalue weighted by molar-refractivity contribution is 7.14. The Morgan fingerprint density at radius 2 is 1.97 bits per heavy atom. The number of nitrogens with one attached hydrogen (secondary N) is 1. The van der Waals surface area contributed by atoms with Crippen LogP contribution in [0.15, 0.2) is 48.5 Å². The largest absolute Gasteiger partial charge is 0.370 e. The fourth-order valence-electron chi connectivity index (χ4n) is 4.16. The summed E-state index contributed by atoms with van der Waals surface area (Å²) in [5.41, 5.74) is 9.99. The number of rotatable bonds is 5. The zero-order valence-corrected chi connectivity index (χ0v) is 18.7. The lowest BCUT2D eigenvalue weighted by atomic mass is 10.1. The van der Waals surface area contributed by atoms with E-state index in [2.05, 4.69) is 33.8 Å². The van der Waals surface area contributed by atoms with Crippen molar-refractivity contribution in [3.63, 3.8) is 0 Å². The van der Waals surface area contributed by atoms with Crippen LogP contribution >= 0.6 is 11.5 Å². The van der Waals surface area contributed by atoms with Gasteiger partial charge in [0.15, 0.2) is 11.6 Å². The van der Waals surface area contributed by atoms with E-state index in [4.69, 9.17) is 15.7 Å². The summed E-state index contributed by atoms with van der Waals surface area (Å²) in [5, 5.41) is 4.39. The van der Waals surface area contributed by atoms with Crippen molar-refractivity contribution >= 4 is 39.0 Å². The van der Waals surface area contributed by atoms with Gasteiger partial charge in [0, 0.05) is 25.5 Å². The van der Waals surface area contributed by atoms with Crippen LogP contribution in [0.4, 0.5) is 11.5 Å². The Kier molecular flexibility index (Phi) is 5.45. The van der Waals surface area contributed by atoms with Crippen LogP contribution in [0, 0.1) is 0 Å². The number of nitrogens with two attached hydrogens (primary N) is 1. The molecule has 7 nitrogen and oxygen atoms in total. The first-order valence-corrected chi connectivity index (χ1v) is 11.5. The van der Waals surface area contributed by atoms with Crippen molar-refractivity contribution in [1.29, 1.82) is 0 Å². The maximum atomic E-state index is 11.9. The van der Waals surface area contributed by atoms with Gasteiger partial charge in [0.2, 0.25) is 5.91 Å². The molecule has 0 fully saturated rings. The molecule has 1 amide bonds. The number of primary amides is 1. The predicted molar refractivity (Wildman–Crippen MR) is 129 cm³/mol. The summed E-state index contributed by atoms with van der Waals surface area (Å²) in [4.78, 5) is 24.0. The smallest absolute Gasteiger partial charge is 0.250 e. The highest BCUT2D eigenvalue weighted by Crippen LogP contribution is 2.36. The highest BCUT2D eigenvalue weighted by Gasteiger charge is 2.23. The second-order valence-corrected chi connectivity index (χ2v) is 8.76. The molecule has 32 heavy (non-hydrogen) atoms. The standard InChI is InChI=1S/C24H24N6OS/c1-30-13-6-5-12-18-20(30)24(26-14-15-8-3-2-4-9-15)28-23(27-18)19-16-10-7-11-17(22(25)31)21(16)32-29-19/h2-4,7-11H,5-6,12-14H2,1H3,(H2,25,31)(H,26,27,28). The number of hydrogen-bond donors (Lipinski definition) is 2. The fourth-order valence-corrected chi connectivity index (χ4v) is 5.05. The van der Waals surface area contributed by atoms with Crippen molar-refractivity contribution in [2.75, 3.05) is 23.8 Å². The van der Waals surface area contributed by atoms with Gasteiger partial charge in [-0.25, -0.2) is 9.97 Å². The van der Waals surface area contributed by atoms with Crippen LogP contribution in [-0.4, -0.2) is 33.8 Å². The normalized spacial score (nSPS) is 13.6. The summed E-state index contributed by atoms with van der Waals surface area (Å²) in [6.07, 6.45) is 3.08. The third-order valence-corrected chi connectivity index (χ3v) is 6.67. The van der Waals surface area contributed by atoms with Gasteiger partial charge >= 0.3 is 0 Å². The van der Waals surface area contributed by atoms with E-state index in [-0.39, 0.29) is 0 Å². The summed E-state index contributed by atoms with van der Waals surface area (Å²) in [6.45, 7) is 1.64. The lowest BCUT2D eigenvalue weighted by Crippen LogP contribution is -2.21. The minimum atomic E-state index is -0.458. The minimum Gasteiger partial charge on any atom is -0.370 e. The van der Waals surface area contributed by atoms with E-state index >= 15 is 0 Å². The van der Waals surface area contributed by atoms with E-state index in [1.165, 1.54) is 17.1 Å². The third-order valence-electron chi connectivity index (χ3n) is 5.77. The van der Waals surface area contributed by atoms with Gasteiger partial charge in [-0.2, -0.15) is 4.37 Å². The van der Waals surface area contributed by atoms with E-state index < -0.39 is 5.91 Å². The summed E-state index contributed by atoms with van der Waals surface area (Å²) in [6, 6.07) is 15.8. The molecular weight excluding hydrogens is 420 g/mol. The van der Waals surface area contributed by atoms with E-state index in [9.17, 15) is 4.79 Å². The number of carbonyl (C=O) groups excluding carboxylic acids is 1. The van der Waals surface area contributed by atoms with E-state index in [1.54, 1.807) is 6.07 Å². The van der Waals surface area contributed by atoms with Gasteiger partial charge in [-0.05, 0) is 42.4 Å². The zero-order chi connectivity index (χ0) is 22.1. The van der Waals surface area contributed by atoms with Crippen molar-refractivity contribution in [2.24, 2.45) is 5.73 Å². The number of amides is 1. The number of aryl methyl sites for hydroxylation is 1. The molecule has 0 radical (unpaired) electrons. The molecule has 2 aromatic carbocycles. The van der Waals surface area contributed by atoms with Gasteiger partial charge < -0.3 is 16.0 Å². The number of fused-ring (bicyclic) bond motifs is 2. The van der Waals surface area contributed by atoms with Gasteiger partial charge in [0.05, 0.1) is 16.0 Å². The van der Waals surface area contributed by atoms with Gasteiger partial charge in [-0.3, -0.25) is 4.79 Å². The third kappa shape index (κ3) is 3.78. The Hall–Kier alpha value is -3.52. The Morgan fingerprint density at radius 3 is 2.78 bits per heavy atom. The Bertz CT molecular complexity index is 1290. The van der Waals surface area contributed by atoms with Crippen molar-refractivity contribution in [3.8, 4) is 11.5 Å². The van der Waals surface area contributed by atoms with Crippen molar-refractivity contribution < 1.29 is 4.79 Å². The van der Waals surface area contributed by atoms with Gasteiger partial charge in [-0.15, -0.1) is 0 Å². The Morgan fingerprint density at radius 1 is 1.12 bits per heavy atom. The van der Waals surface area contributed by atoms with Gasteiger partial charge in [0.1, 0.15) is 11.4 Å². The van der Waals surface area contributed by atoms with Crippen LogP contribution in [0.25, 0.3) is 21.6 Å². The summed E-state index contributed by atoms with van der Waals surface area (Å²) < 4.78 is 5.39. The molecule has 3 N–H and O–H groups in total. The van der Waals surface area contributed by atoms with Crippen LogP contribution in [0.3, 0.4) is 0 Å². The molecule has 0 saturated carbocycles. The number of benzene rings is 2. The predicted octanol–water partition coefficient (Wildman–Crippen LogP) is 4.24. The van der Waals surface area contributed by atoms with E-state index in [0.717, 1.165) is 53.1 Å². The SMILES string of the molecule is CN1CCCCc2nc(-c3nsc4c(C(N)=O)cccc34)nc(NCc3ccccc3)c21. The quantitative estimate of drug-likeness (QED) is 0.478. The summed E-state index contributed by atoms with van der Waals surface area (Å²) in [7, 11) is 2.10. The van der Waals surface area contributed by atoms with Crippen LogP contribution in [0.2, 0.25) is 0 Å². The average molecular weight is 445 g/mol. The van der Waals surface area contributed by atoms with Gasteiger partial charge in [0.25, 0.3) is 0 Å². The number of anilines is 2. The van der Waals surface area contributed by atoms with Crippen LogP contribution in [-0.2, 0) is 13.0 Å². The molecule has 3 heterocycles. The first-order chi connectivity index (χ1) is 15.6. The lowest BCUT2D eigenvalue weighted by Gasteiger charge is -2.23. The second kappa shape index (κ2) is 8.55. The summed E-state index contributed by atoms with van der Waals surface area (Å²) >= 11 is 1.26. The molecule has 0 spiro atoms. The molecule has 4 aromatic rings. The Balaban J connectivity index is 1.62. The first kappa shape index (κ1) is 20.4. The zero-order valence-electron chi connectivity index (χ0n) is 17.8. The molecule has 1 aliphatic heterocycles. The maximum Gasteiger partial charge on any atom is 0.250 e. The first-order valence-electron chi connectivity index (χ1n) is 10.7. The van der Waals surface area contributed by atoms with Crippen LogP contribution in [0.5, 0.6) is 0 Å². The minimum absolute atomic E-state index is 0.458. The van der Waals surface area contributed by atoms with E-state index in [1.807, 2.05) is 30.3 Å². The van der Waals surface area contributed by atoms with Crippen molar-refractivity contribution in [3.05, 3.63) is 65.4 Å². The number of nitrogens with zero attached hydrogens (tertiary/aromatic N) is 4. The summed E-state index contributed by atoms with van der Waals surface area (Å²) in [5.74, 6) is 0.924. The molecule has 5 rings (SSSR count). The molecule has 162 valence electrons. The lowest BCUT2D eigenvalue weighted by molar-refractivity contribution is 0.100. The molecule has 1 aliphatic rings. The van der Waals surface area contributed by atoms with Gasteiger partial charge in [-0.1, -0.05) is 42.5 Å². The highest BCUT2D eigenvalue weighted by atomic mass is 32.1. The number of hydrogen-bond acceptors (Lipinski definition) is 7. The molecule has 0 bridgehead atoms. The number of carbonyl (C=O) groups is 1. The monoisotopic (exact) mass is 444 g/mol. The average Bonchev–Trinajstić information content (AvgIpc) is 3.15. The Labute approximate surface area is 190 Å². The molecule has 8 heteroatoms.